The first-order valence-corrected chi connectivity index (χ1v) is 5.28. The molecule has 2 aromatic heterocycles. The summed E-state index contributed by atoms with van der Waals surface area (Å²) in [4.78, 5) is 5.49. The second kappa shape index (κ2) is 4.24. The predicted octanol–water partition coefficient (Wildman–Crippen LogP) is 2.74. The number of methoxy groups -OCH3 is 1. The van der Waals surface area contributed by atoms with Crippen molar-refractivity contribution in [1.82, 2.24) is 4.98 Å². The third-order valence-corrected chi connectivity index (χ3v) is 2.86. The van der Waals surface area contributed by atoms with E-state index in [1.165, 1.54) is 4.88 Å². The number of rotatable bonds is 3. The van der Waals surface area contributed by atoms with Gasteiger partial charge in [-0.15, -0.1) is 11.3 Å². The van der Waals surface area contributed by atoms with Gasteiger partial charge in [0.05, 0.1) is 7.11 Å². The van der Waals surface area contributed by atoms with Crippen molar-refractivity contribution >= 4 is 11.3 Å². The van der Waals surface area contributed by atoms with Crippen molar-refractivity contribution in [3.63, 3.8) is 0 Å². The Morgan fingerprint density at radius 1 is 1.36 bits per heavy atom. The zero-order valence-corrected chi connectivity index (χ0v) is 8.75. The van der Waals surface area contributed by atoms with E-state index in [0.29, 0.717) is 0 Å². The molecule has 0 bridgehead atoms. The zero-order chi connectivity index (χ0) is 9.80. The van der Waals surface area contributed by atoms with Gasteiger partial charge in [-0.05, 0) is 17.5 Å². The number of aromatic nitrogens is 1. The Hall–Kier alpha value is -1.35. The third-order valence-electron chi connectivity index (χ3n) is 1.99. The lowest BCUT2D eigenvalue weighted by atomic mass is 10.2. The van der Waals surface area contributed by atoms with Gasteiger partial charge < -0.3 is 4.74 Å². The van der Waals surface area contributed by atoms with Gasteiger partial charge in [0.15, 0.2) is 0 Å². The number of nitrogens with zero attached hydrogens (tertiary/aromatic N) is 1. The molecule has 0 aliphatic carbocycles. The molecule has 0 saturated carbocycles. The second-order valence-electron chi connectivity index (χ2n) is 2.93. The summed E-state index contributed by atoms with van der Waals surface area (Å²) in [6, 6.07) is 8.16. The van der Waals surface area contributed by atoms with Crippen molar-refractivity contribution in [2.24, 2.45) is 0 Å². The Morgan fingerprint density at radius 3 is 3.00 bits per heavy atom. The molecule has 2 heterocycles. The minimum atomic E-state index is 0.723. The largest absolute Gasteiger partial charge is 0.481 e. The van der Waals surface area contributed by atoms with Crippen LogP contribution in [0, 0.1) is 0 Å². The smallest absolute Gasteiger partial charge is 0.216 e. The molecule has 2 nitrogen and oxygen atoms in total. The Balaban J connectivity index is 2.24. The molecule has 0 aliphatic rings. The van der Waals surface area contributed by atoms with Crippen molar-refractivity contribution in [1.29, 1.82) is 0 Å². The number of hydrogen-bond acceptors (Lipinski definition) is 3. The Bertz CT molecular complexity index is 397. The highest BCUT2D eigenvalue weighted by molar-refractivity contribution is 7.09. The van der Waals surface area contributed by atoms with E-state index in [-0.39, 0.29) is 0 Å². The minimum Gasteiger partial charge on any atom is -0.481 e. The average Bonchev–Trinajstić information content (AvgIpc) is 2.71. The lowest BCUT2D eigenvalue weighted by Crippen LogP contribution is -1.94. The summed E-state index contributed by atoms with van der Waals surface area (Å²) < 4.78 is 5.19. The lowest BCUT2D eigenvalue weighted by molar-refractivity contribution is 0.393. The van der Waals surface area contributed by atoms with E-state index >= 15 is 0 Å². The molecular formula is C11H11NOS. The standard InChI is InChI=1S/C11H11NOS/c1-13-11-9(4-2-6-12-11)8-10-5-3-7-14-10/h2-7H,8H2,1H3. The minimum absolute atomic E-state index is 0.723. The summed E-state index contributed by atoms with van der Waals surface area (Å²) in [7, 11) is 1.65. The normalized spacial score (nSPS) is 10.1. The van der Waals surface area contributed by atoms with Crippen LogP contribution in [0.15, 0.2) is 35.8 Å². The van der Waals surface area contributed by atoms with Gasteiger partial charge in [0, 0.05) is 23.1 Å². The first-order valence-electron chi connectivity index (χ1n) is 4.40. The number of hydrogen-bond donors (Lipinski definition) is 0. The van der Waals surface area contributed by atoms with Gasteiger partial charge in [-0.3, -0.25) is 0 Å². The molecular weight excluding hydrogens is 194 g/mol. The predicted molar refractivity (Wildman–Crippen MR) is 57.9 cm³/mol. The number of thiophene rings is 1. The molecule has 2 rings (SSSR count). The first-order chi connectivity index (χ1) is 6.90. The van der Waals surface area contributed by atoms with Crippen LogP contribution < -0.4 is 4.74 Å². The monoisotopic (exact) mass is 205 g/mol. The summed E-state index contributed by atoms with van der Waals surface area (Å²) in [5, 5.41) is 2.08. The summed E-state index contributed by atoms with van der Waals surface area (Å²) in [6.45, 7) is 0. The SMILES string of the molecule is COc1ncccc1Cc1cccs1. The third kappa shape index (κ3) is 1.93. The summed E-state index contributed by atoms with van der Waals surface area (Å²) in [5.41, 5.74) is 1.14. The maximum absolute atomic E-state index is 5.19. The highest BCUT2D eigenvalue weighted by atomic mass is 32.1. The topological polar surface area (TPSA) is 22.1 Å². The molecule has 0 radical (unpaired) electrons. The lowest BCUT2D eigenvalue weighted by Gasteiger charge is -2.04. The van der Waals surface area contributed by atoms with Gasteiger partial charge in [0.1, 0.15) is 0 Å². The van der Waals surface area contributed by atoms with E-state index < -0.39 is 0 Å². The quantitative estimate of drug-likeness (QED) is 0.768. The Morgan fingerprint density at radius 2 is 2.29 bits per heavy atom. The molecule has 0 amide bonds. The molecule has 0 fully saturated rings. The highest BCUT2D eigenvalue weighted by Gasteiger charge is 2.04. The molecule has 0 atom stereocenters. The zero-order valence-electron chi connectivity index (χ0n) is 7.93. The van der Waals surface area contributed by atoms with Gasteiger partial charge in [-0.2, -0.15) is 0 Å². The Kier molecular flexibility index (Phi) is 2.79. The fourth-order valence-electron chi connectivity index (χ4n) is 1.34. The van der Waals surface area contributed by atoms with E-state index in [9.17, 15) is 0 Å². The number of ether oxygens (including phenoxy) is 1. The van der Waals surface area contributed by atoms with Crippen LogP contribution in [0.25, 0.3) is 0 Å². The highest BCUT2D eigenvalue weighted by Crippen LogP contribution is 2.20. The van der Waals surface area contributed by atoms with Gasteiger partial charge in [0.25, 0.3) is 0 Å². The molecule has 0 aromatic carbocycles. The van der Waals surface area contributed by atoms with Gasteiger partial charge in [-0.1, -0.05) is 12.1 Å². The molecule has 14 heavy (non-hydrogen) atoms. The molecule has 72 valence electrons. The molecule has 0 saturated heterocycles. The molecule has 2 aromatic rings. The van der Waals surface area contributed by atoms with Crippen LogP contribution in [0.1, 0.15) is 10.4 Å². The van der Waals surface area contributed by atoms with Crippen LogP contribution in [0.2, 0.25) is 0 Å². The summed E-state index contributed by atoms with van der Waals surface area (Å²) >= 11 is 1.75. The number of pyridine rings is 1. The van der Waals surface area contributed by atoms with Crippen molar-refractivity contribution in [2.45, 2.75) is 6.42 Å². The average molecular weight is 205 g/mol. The molecule has 0 unspecified atom stereocenters. The first kappa shape index (κ1) is 9.21. The van der Waals surface area contributed by atoms with Gasteiger partial charge >= 0.3 is 0 Å². The van der Waals surface area contributed by atoms with Crippen LogP contribution >= 0.6 is 11.3 Å². The van der Waals surface area contributed by atoms with E-state index in [2.05, 4.69) is 22.5 Å². The van der Waals surface area contributed by atoms with E-state index in [1.807, 2.05) is 12.1 Å². The van der Waals surface area contributed by atoms with Gasteiger partial charge in [-0.25, -0.2) is 4.98 Å². The second-order valence-corrected chi connectivity index (χ2v) is 3.96. The van der Waals surface area contributed by atoms with E-state index in [4.69, 9.17) is 4.74 Å². The molecule has 0 aliphatic heterocycles. The van der Waals surface area contributed by atoms with E-state index in [0.717, 1.165) is 17.9 Å². The van der Waals surface area contributed by atoms with Crippen LogP contribution in [-0.4, -0.2) is 12.1 Å². The van der Waals surface area contributed by atoms with Gasteiger partial charge in [0.2, 0.25) is 5.88 Å². The van der Waals surface area contributed by atoms with Crippen LogP contribution in [0.3, 0.4) is 0 Å². The van der Waals surface area contributed by atoms with Crippen LogP contribution in [0.4, 0.5) is 0 Å². The molecule has 0 N–H and O–H groups in total. The summed E-state index contributed by atoms with van der Waals surface area (Å²) in [5.74, 6) is 0.723. The summed E-state index contributed by atoms with van der Waals surface area (Å²) in [6.07, 6.45) is 2.64. The van der Waals surface area contributed by atoms with Crippen LogP contribution in [-0.2, 0) is 6.42 Å². The van der Waals surface area contributed by atoms with Crippen molar-refractivity contribution < 1.29 is 4.74 Å². The maximum atomic E-state index is 5.19. The van der Waals surface area contributed by atoms with E-state index in [1.54, 1.807) is 24.6 Å². The van der Waals surface area contributed by atoms with Crippen molar-refractivity contribution in [2.75, 3.05) is 7.11 Å². The molecule has 3 heteroatoms. The van der Waals surface area contributed by atoms with Crippen molar-refractivity contribution in [3.8, 4) is 5.88 Å². The fourth-order valence-corrected chi connectivity index (χ4v) is 2.07. The Labute approximate surface area is 87.2 Å². The van der Waals surface area contributed by atoms with Crippen LogP contribution in [0.5, 0.6) is 5.88 Å². The fraction of sp³-hybridized carbons (Fsp3) is 0.182. The maximum Gasteiger partial charge on any atom is 0.216 e. The van der Waals surface area contributed by atoms with Crippen molar-refractivity contribution in [3.05, 3.63) is 46.3 Å². The molecule has 0 spiro atoms.